The van der Waals surface area contributed by atoms with Crippen LogP contribution in [0, 0.1) is 0 Å². The van der Waals surface area contributed by atoms with Gasteiger partial charge in [0.1, 0.15) is 0 Å². The predicted octanol–water partition coefficient (Wildman–Crippen LogP) is 9.45. The minimum Gasteiger partial charge on any atom is -0.309 e. The van der Waals surface area contributed by atoms with Crippen LogP contribution < -0.4 is 0 Å². The number of fused-ring (bicyclic) bond motifs is 9. The molecule has 2 aromatic heterocycles. The van der Waals surface area contributed by atoms with Crippen molar-refractivity contribution < 1.29 is 0 Å². The van der Waals surface area contributed by atoms with Gasteiger partial charge in [0.2, 0.25) is 0 Å². The van der Waals surface area contributed by atoms with Gasteiger partial charge in [0.15, 0.2) is 0 Å². The molecule has 6 aromatic carbocycles. The molecule has 2 heteroatoms. The van der Waals surface area contributed by atoms with Gasteiger partial charge in [-0.15, -0.1) is 0 Å². The minimum atomic E-state index is 1.01. The van der Waals surface area contributed by atoms with E-state index in [9.17, 15) is 0 Å². The number of hydrogen-bond acceptors (Lipinski definition) is 0. The zero-order valence-corrected chi connectivity index (χ0v) is 21.3. The van der Waals surface area contributed by atoms with E-state index in [0.29, 0.717) is 0 Å². The highest BCUT2D eigenvalue weighted by molar-refractivity contribution is 6.12. The molecule has 0 radical (unpaired) electrons. The summed E-state index contributed by atoms with van der Waals surface area (Å²) < 4.78 is 4.84. The van der Waals surface area contributed by atoms with Crippen LogP contribution in [-0.2, 0) is 6.42 Å². The molecule has 0 fully saturated rings. The van der Waals surface area contributed by atoms with Gasteiger partial charge in [-0.05, 0) is 77.2 Å². The Morgan fingerprint density at radius 2 is 0.846 bits per heavy atom. The fourth-order valence-electron chi connectivity index (χ4n) is 6.83. The maximum Gasteiger partial charge on any atom is 0.0542 e. The van der Waals surface area contributed by atoms with Crippen molar-refractivity contribution >= 4 is 43.6 Å². The summed E-state index contributed by atoms with van der Waals surface area (Å²) in [4.78, 5) is 0. The molecular formula is C37H24N2. The fraction of sp³-hybridized carbons (Fsp3) is 0.0270. The van der Waals surface area contributed by atoms with Gasteiger partial charge < -0.3 is 9.13 Å². The van der Waals surface area contributed by atoms with Gasteiger partial charge in [-0.1, -0.05) is 84.9 Å². The van der Waals surface area contributed by atoms with Crippen LogP contribution in [0.4, 0.5) is 0 Å². The smallest absolute Gasteiger partial charge is 0.0542 e. The van der Waals surface area contributed by atoms with Crippen molar-refractivity contribution in [1.29, 1.82) is 0 Å². The molecule has 0 atom stereocenters. The van der Waals surface area contributed by atoms with E-state index in [1.54, 1.807) is 0 Å². The molecule has 0 N–H and O–H groups in total. The third-order valence-corrected chi connectivity index (χ3v) is 8.53. The fourth-order valence-corrected chi connectivity index (χ4v) is 6.83. The lowest BCUT2D eigenvalue weighted by Crippen LogP contribution is -1.96. The molecule has 182 valence electrons. The lowest BCUT2D eigenvalue weighted by atomic mass is 10.1. The first-order valence-electron chi connectivity index (χ1n) is 13.6. The van der Waals surface area contributed by atoms with Gasteiger partial charge in [-0.25, -0.2) is 0 Å². The van der Waals surface area contributed by atoms with Crippen LogP contribution >= 0.6 is 0 Å². The van der Waals surface area contributed by atoms with Crippen molar-refractivity contribution in [3.8, 4) is 22.5 Å². The zero-order chi connectivity index (χ0) is 25.5. The van der Waals surface area contributed by atoms with E-state index in [2.05, 4.69) is 143 Å². The largest absolute Gasteiger partial charge is 0.309 e. The summed E-state index contributed by atoms with van der Waals surface area (Å²) in [6.45, 7) is 0. The standard InChI is InChI=1S/C37H24N2/c1-2-10-28-24(9-1)21-25-17-18-26(22-32(25)28)39-36-16-8-5-13-31(36)33-23-27(19-20-37(33)39)38-34-14-6-3-11-29(34)30-12-4-7-15-35(30)38/h1-20,22-23H,21H2. The summed E-state index contributed by atoms with van der Waals surface area (Å²) >= 11 is 0. The number of aromatic nitrogens is 2. The number of rotatable bonds is 2. The summed E-state index contributed by atoms with van der Waals surface area (Å²) in [6, 6.07) is 49.0. The van der Waals surface area contributed by atoms with Crippen LogP contribution in [0.15, 0.2) is 133 Å². The van der Waals surface area contributed by atoms with Gasteiger partial charge in [0, 0.05) is 32.9 Å². The monoisotopic (exact) mass is 496 g/mol. The van der Waals surface area contributed by atoms with E-state index in [-0.39, 0.29) is 0 Å². The number of nitrogens with zero attached hydrogens (tertiary/aromatic N) is 2. The molecule has 39 heavy (non-hydrogen) atoms. The molecule has 0 saturated carbocycles. The molecule has 0 saturated heterocycles. The van der Waals surface area contributed by atoms with Crippen molar-refractivity contribution in [3.63, 3.8) is 0 Å². The molecule has 0 unspecified atom stereocenters. The molecule has 0 bridgehead atoms. The first-order chi connectivity index (χ1) is 19.3. The SMILES string of the molecule is c1ccc2c(c1)Cc1ccc(-n3c4ccccc4c4cc(-n5c6ccccc6c6ccccc65)ccc43)cc1-2. The highest BCUT2D eigenvalue weighted by Gasteiger charge is 2.20. The number of hydrogen-bond donors (Lipinski definition) is 0. The van der Waals surface area contributed by atoms with E-state index >= 15 is 0 Å². The number of benzene rings is 6. The average molecular weight is 497 g/mol. The zero-order valence-electron chi connectivity index (χ0n) is 21.3. The second kappa shape index (κ2) is 7.72. The first kappa shape index (κ1) is 20.9. The molecule has 2 nitrogen and oxygen atoms in total. The summed E-state index contributed by atoms with van der Waals surface area (Å²) in [6.07, 6.45) is 1.01. The maximum atomic E-state index is 2.43. The summed E-state index contributed by atoms with van der Waals surface area (Å²) in [5.41, 5.74) is 12.9. The molecule has 0 spiro atoms. The van der Waals surface area contributed by atoms with E-state index in [1.807, 2.05) is 0 Å². The predicted molar refractivity (Wildman–Crippen MR) is 163 cm³/mol. The van der Waals surface area contributed by atoms with E-state index in [1.165, 1.54) is 77.2 Å². The van der Waals surface area contributed by atoms with Crippen molar-refractivity contribution in [2.45, 2.75) is 6.42 Å². The van der Waals surface area contributed by atoms with Gasteiger partial charge in [-0.3, -0.25) is 0 Å². The van der Waals surface area contributed by atoms with Crippen LogP contribution in [0.25, 0.3) is 66.1 Å². The summed E-state index contributed by atoms with van der Waals surface area (Å²) in [7, 11) is 0. The molecule has 0 amide bonds. The second-order valence-corrected chi connectivity index (χ2v) is 10.6. The van der Waals surface area contributed by atoms with Crippen molar-refractivity contribution in [2.75, 3.05) is 0 Å². The Labute approximate surface area is 226 Å². The van der Waals surface area contributed by atoms with Crippen LogP contribution in [0.5, 0.6) is 0 Å². The Balaban J connectivity index is 1.31. The highest BCUT2D eigenvalue weighted by atomic mass is 15.0. The van der Waals surface area contributed by atoms with Crippen LogP contribution in [0.2, 0.25) is 0 Å². The van der Waals surface area contributed by atoms with E-state index in [4.69, 9.17) is 0 Å². The molecule has 9 rings (SSSR count). The van der Waals surface area contributed by atoms with Gasteiger partial charge in [0.05, 0.1) is 22.1 Å². The first-order valence-corrected chi connectivity index (χ1v) is 13.6. The maximum absolute atomic E-state index is 2.43. The normalized spacial score (nSPS) is 12.5. The third kappa shape index (κ3) is 2.86. The van der Waals surface area contributed by atoms with Crippen molar-refractivity contribution in [2.24, 2.45) is 0 Å². The lowest BCUT2D eigenvalue weighted by molar-refractivity contribution is 1.16. The highest BCUT2D eigenvalue weighted by Crippen LogP contribution is 2.40. The Morgan fingerprint density at radius 3 is 1.54 bits per heavy atom. The minimum absolute atomic E-state index is 1.01. The van der Waals surface area contributed by atoms with Crippen LogP contribution in [0.1, 0.15) is 11.1 Å². The lowest BCUT2D eigenvalue weighted by Gasteiger charge is -2.12. The molecular weight excluding hydrogens is 472 g/mol. The molecule has 0 aliphatic heterocycles. The molecule has 1 aliphatic rings. The van der Waals surface area contributed by atoms with Crippen molar-refractivity contribution in [3.05, 3.63) is 145 Å². The van der Waals surface area contributed by atoms with E-state index in [0.717, 1.165) is 6.42 Å². The average Bonchev–Trinajstić information content (AvgIpc) is 3.64. The summed E-state index contributed by atoms with van der Waals surface area (Å²) in [5, 5.41) is 5.12. The topological polar surface area (TPSA) is 9.86 Å². The van der Waals surface area contributed by atoms with Gasteiger partial charge in [-0.2, -0.15) is 0 Å². The van der Waals surface area contributed by atoms with Crippen LogP contribution in [0.3, 0.4) is 0 Å². The molecule has 2 heterocycles. The Bertz CT molecular complexity index is 2210. The summed E-state index contributed by atoms with van der Waals surface area (Å²) in [5.74, 6) is 0. The van der Waals surface area contributed by atoms with Gasteiger partial charge in [0.25, 0.3) is 0 Å². The van der Waals surface area contributed by atoms with Crippen molar-refractivity contribution in [1.82, 2.24) is 9.13 Å². The number of para-hydroxylation sites is 3. The Kier molecular flexibility index (Phi) is 4.14. The van der Waals surface area contributed by atoms with Crippen LogP contribution in [-0.4, -0.2) is 9.13 Å². The van der Waals surface area contributed by atoms with Gasteiger partial charge >= 0.3 is 0 Å². The Hall–Kier alpha value is -5.08. The third-order valence-electron chi connectivity index (χ3n) is 8.53. The Morgan fingerprint density at radius 1 is 0.359 bits per heavy atom. The molecule has 8 aromatic rings. The second-order valence-electron chi connectivity index (χ2n) is 10.6. The van der Waals surface area contributed by atoms with E-state index < -0.39 is 0 Å². The quantitative estimate of drug-likeness (QED) is 0.226. The molecule has 1 aliphatic carbocycles.